The summed E-state index contributed by atoms with van der Waals surface area (Å²) < 4.78 is 6.45. The van der Waals surface area contributed by atoms with Gasteiger partial charge in [-0.3, -0.25) is 9.59 Å². The van der Waals surface area contributed by atoms with Gasteiger partial charge in [-0.2, -0.15) is 9.61 Å². The molecule has 0 spiro atoms. The van der Waals surface area contributed by atoms with E-state index < -0.39 is 5.97 Å². The first-order valence-electron chi connectivity index (χ1n) is 7.44. The van der Waals surface area contributed by atoms with Crippen LogP contribution in [0.5, 0.6) is 0 Å². The predicted octanol–water partition coefficient (Wildman–Crippen LogP) is 3.31. The summed E-state index contributed by atoms with van der Waals surface area (Å²) in [5.41, 5.74) is 0.703. The monoisotopic (exact) mass is 397 g/mol. The molecule has 0 radical (unpaired) electrons. The first kappa shape index (κ1) is 17.8. The molecule has 3 rings (SSSR count). The highest BCUT2D eigenvalue weighted by Gasteiger charge is 2.12. The van der Waals surface area contributed by atoms with Gasteiger partial charge in [0.15, 0.2) is 0 Å². The van der Waals surface area contributed by atoms with Crippen LogP contribution in [0.25, 0.3) is 4.96 Å². The summed E-state index contributed by atoms with van der Waals surface area (Å²) >= 11 is 13.2. The highest BCUT2D eigenvalue weighted by molar-refractivity contribution is 7.16. The Morgan fingerprint density at radius 3 is 2.84 bits per heavy atom. The van der Waals surface area contributed by atoms with Gasteiger partial charge in [-0.25, -0.2) is 4.98 Å². The maximum Gasteiger partial charge on any atom is 0.310 e. The average Bonchev–Trinajstić information content (AvgIpc) is 2.99. The first-order valence-corrected chi connectivity index (χ1v) is 9.01. The van der Waals surface area contributed by atoms with Gasteiger partial charge in [-0.05, 0) is 24.1 Å². The van der Waals surface area contributed by atoms with Crippen LogP contribution in [-0.2, 0) is 29.0 Å². The fraction of sp³-hybridized carbons (Fsp3) is 0.250. The Labute approximate surface area is 157 Å². The number of nitrogens with zero attached hydrogens (tertiary/aromatic N) is 3. The molecule has 0 unspecified atom stereocenters. The minimum Gasteiger partial charge on any atom is -0.459 e. The van der Waals surface area contributed by atoms with Crippen molar-refractivity contribution in [1.29, 1.82) is 0 Å². The highest BCUT2D eigenvalue weighted by Crippen LogP contribution is 2.21. The van der Waals surface area contributed by atoms with Gasteiger partial charge in [0.2, 0.25) is 4.96 Å². The summed E-state index contributed by atoms with van der Waals surface area (Å²) in [6.45, 7) is 1.86. The second kappa shape index (κ2) is 7.51. The van der Waals surface area contributed by atoms with Gasteiger partial charge >= 0.3 is 5.97 Å². The highest BCUT2D eigenvalue weighted by atomic mass is 35.5. The number of esters is 1. The number of rotatable bonds is 5. The van der Waals surface area contributed by atoms with E-state index in [2.05, 4.69) is 10.1 Å². The van der Waals surface area contributed by atoms with E-state index in [1.54, 1.807) is 18.2 Å². The summed E-state index contributed by atoms with van der Waals surface area (Å²) in [5, 5.41) is 5.88. The zero-order valence-corrected chi connectivity index (χ0v) is 15.5. The molecule has 0 aliphatic heterocycles. The summed E-state index contributed by atoms with van der Waals surface area (Å²) in [6.07, 6.45) is 0.734. The fourth-order valence-electron chi connectivity index (χ4n) is 2.14. The summed E-state index contributed by atoms with van der Waals surface area (Å²) in [4.78, 5) is 28.8. The molecule has 9 heteroatoms. The molecule has 2 aromatic heterocycles. The van der Waals surface area contributed by atoms with E-state index >= 15 is 0 Å². The zero-order chi connectivity index (χ0) is 18.0. The third-order valence-corrected chi connectivity index (χ3v) is 5.01. The zero-order valence-electron chi connectivity index (χ0n) is 13.2. The average molecular weight is 398 g/mol. The van der Waals surface area contributed by atoms with Gasteiger partial charge in [0.25, 0.3) is 5.56 Å². The summed E-state index contributed by atoms with van der Waals surface area (Å²) in [7, 11) is 0. The topological polar surface area (TPSA) is 73.6 Å². The van der Waals surface area contributed by atoms with E-state index in [1.165, 1.54) is 21.9 Å². The SMILES string of the molecule is CCc1nn2c(=O)cc(COC(=O)Cc3ccc(Cl)cc3Cl)nc2s1. The van der Waals surface area contributed by atoms with Crippen LogP contribution in [0.2, 0.25) is 10.0 Å². The lowest BCUT2D eigenvalue weighted by atomic mass is 10.1. The number of benzene rings is 1. The minimum atomic E-state index is -0.468. The number of aryl methyl sites for hydroxylation is 1. The Hall–Kier alpha value is -1.96. The van der Waals surface area contributed by atoms with E-state index in [9.17, 15) is 9.59 Å². The molecule has 0 fully saturated rings. The van der Waals surface area contributed by atoms with Crippen LogP contribution < -0.4 is 5.56 Å². The van der Waals surface area contributed by atoms with E-state index in [4.69, 9.17) is 27.9 Å². The van der Waals surface area contributed by atoms with Crippen LogP contribution in [0.4, 0.5) is 0 Å². The third-order valence-electron chi connectivity index (χ3n) is 3.37. The van der Waals surface area contributed by atoms with Crippen LogP contribution in [0, 0.1) is 0 Å². The van der Waals surface area contributed by atoms with Crippen LogP contribution in [0.1, 0.15) is 23.2 Å². The van der Waals surface area contributed by atoms with Gasteiger partial charge in [-0.15, -0.1) is 0 Å². The molecular weight excluding hydrogens is 385 g/mol. The summed E-state index contributed by atoms with van der Waals surface area (Å²) in [5.74, 6) is -0.468. The molecule has 2 heterocycles. The maximum atomic E-state index is 12.0. The molecule has 6 nitrogen and oxygen atoms in total. The number of hydrogen-bond acceptors (Lipinski definition) is 6. The molecular formula is C16H13Cl2N3O3S. The van der Waals surface area contributed by atoms with Gasteiger partial charge in [0.05, 0.1) is 12.1 Å². The molecule has 0 bridgehead atoms. The molecule has 0 atom stereocenters. The van der Waals surface area contributed by atoms with Crippen molar-refractivity contribution in [3.63, 3.8) is 0 Å². The Bertz CT molecular complexity index is 1000. The molecule has 0 saturated heterocycles. The van der Waals surface area contributed by atoms with E-state index in [1.807, 2.05) is 6.92 Å². The van der Waals surface area contributed by atoms with E-state index in [0.717, 1.165) is 11.4 Å². The van der Waals surface area contributed by atoms with Crippen molar-refractivity contribution in [2.75, 3.05) is 0 Å². The quantitative estimate of drug-likeness (QED) is 0.617. The number of ether oxygens (including phenoxy) is 1. The normalized spacial score (nSPS) is 11.0. The lowest BCUT2D eigenvalue weighted by molar-refractivity contribution is -0.144. The second-order valence-corrected chi connectivity index (χ2v) is 7.09. The Kier molecular flexibility index (Phi) is 5.36. The summed E-state index contributed by atoms with van der Waals surface area (Å²) in [6, 6.07) is 6.21. The molecule has 0 aliphatic rings. The molecule has 0 N–H and O–H groups in total. The number of hydrogen-bond donors (Lipinski definition) is 0. The van der Waals surface area contributed by atoms with Gasteiger partial charge in [-0.1, -0.05) is 47.5 Å². The van der Waals surface area contributed by atoms with Gasteiger partial charge < -0.3 is 4.74 Å². The minimum absolute atomic E-state index is 0.0117. The van der Waals surface area contributed by atoms with Crippen molar-refractivity contribution in [3.05, 3.63) is 60.9 Å². The van der Waals surface area contributed by atoms with Crippen LogP contribution >= 0.6 is 34.5 Å². The van der Waals surface area contributed by atoms with Crippen LogP contribution in [-0.4, -0.2) is 20.6 Å². The molecule has 25 heavy (non-hydrogen) atoms. The smallest absolute Gasteiger partial charge is 0.310 e. The Balaban J connectivity index is 1.69. The van der Waals surface area contributed by atoms with Crippen LogP contribution in [0.15, 0.2) is 29.1 Å². The molecule has 3 aromatic rings. The van der Waals surface area contributed by atoms with Crippen molar-refractivity contribution in [2.45, 2.75) is 26.4 Å². The molecule has 0 amide bonds. The van der Waals surface area contributed by atoms with Crippen molar-refractivity contribution < 1.29 is 9.53 Å². The number of aromatic nitrogens is 3. The Morgan fingerprint density at radius 1 is 1.32 bits per heavy atom. The van der Waals surface area contributed by atoms with Crippen molar-refractivity contribution in [2.24, 2.45) is 0 Å². The Morgan fingerprint density at radius 2 is 2.12 bits per heavy atom. The van der Waals surface area contributed by atoms with Gasteiger partial charge in [0.1, 0.15) is 11.6 Å². The van der Waals surface area contributed by atoms with Gasteiger partial charge in [0, 0.05) is 16.1 Å². The lowest BCUT2D eigenvalue weighted by Crippen LogP contribution is -2.17. The number of halogens is 2. The van der Waals surface area contributed by atoms with E-state index in [0.29, 0.717) is 26.3 Å². The lowest BCUT2D eigenvalue weighted by Gasteiger charge is -2.06. The van der Waals surface area contributed by atoms with Crippen molar-refractivity contribution in [3.8, 4) is 0 Å². The first-order chi connectivity index (χ1) is 12.0. The third kappa shape index (κ3) is 4.18. The van der Waals surface area contributed by atoms with Crippen LogP contribution in [0.3, 0.4) is 0 Å². The fourth-order valence-corrected chi connectivity index (χ4v) is 3.47. The molecule has 1 aromatic carbocycles. The van der Waals surface area contributed by atoms with Crippen molar-refractivity contribution in [1.82, 2.24) is 14.6 Å². The number of carbonyl (C=O) groups is 1. The number of carbonyl (C=O) groups excluding carboxylic acids is 1. The number of fused-ring (bicyclic) bond motifs is 1. The molecule has 0 saturated carbocycles. The van der Waals surface area contributed by atoms with Crippen molar-refractivity contribution >= 4 is 45.5 Å². The second-order valence-electron chi connectivity index (χ2n) is 5.20. The molecule has 130 valence electrons. The maximum absolute atomic E-state index is 12.0. The predicted molar refractivity (Wildman–Crippen MR) is 96.5 cm³/mol. The van der Waals surface area contributed by atoms with E-state index in [-0.39, 0.29) is 18.6 Å². The molecule has 0 aliphatic carbocycles. The standard InChI is InChI=1S/C16H13Cl2N3O3S/c1-2-13-20-21-14(22)7-11(19-16(21)25-13)8-24-15(23)5-9-3-4-10(17)6-12(9)18/h3-4,6-7H,2,5,8H2,1H3. The largest absolute Gasteiger partial charge is 0.459 e.